The molecule has 2 aromatic rings. The molecular formula is C18H26N2O5S2. The summed E-state index contributed by atoms with van der Waals surface area (Å²) in [5.74, 6) is 0.143. The van der Waals surface area contributed by atoms with Crippen molar-refractivity contribution in [1.29, 1.82) is 0 Å². The number of methoxy groups -OCH3 is 1. The Bertz CT molecular complexity index is 904. The zero-order valence-corrected chi connectivity index (χ0v) is 17.6. The van der Waals surface area contributed by atoms with Gasteiger partial charge in [-0.05, 0) is 50.5 Å². The Kier molecular flexibility index (Phi) is 5.88. The molecule has 0 unspecified atom stereocenters. The fraction of sp³-hybridized carbons (Fsp3) is 0.667. The predicted molar refractivity (Wildman–Crippen MR) is 104 cm³/mol. The maximum atomic E-state index is 12.9. The Hall–Kier alpha value is -1.13. The number of ether oxygens (including phenoxy) is 2. The fourth-order valence-electron chi connectivity index (χ4n) is 3.44. The first-order chi connectivity index (χ1) is 12.7. The number of rotatable bonds is 6. The highest BCUT2D eigenvalue weighted by Gasteiger charge is 2.38. The standard InChI is InChI=1S/C18H26N2O5S2/c1-18(2,3)27(22,23)17-16-15(19-9-20-17)13(8-26-16)11-5-12(14(21)6-11)7-25-10-24-4/h8-9,11-12,14,21H,5-7,10H2,1-4H3/t11-,12+,14+/m1/s1. The molecule has 2 heterocycles. The summed E-state index contributed by atoms with van der Waals surface area (Å²) < 4.78 is 35.7. The highest BCUT2D eigenvalue weighted by atomic mass is 32.2. The van der Waals surface area contributed by atoms with Crippen molar-refractivity contribution in [3.05, 3.63) is 17.3 Å². The molecule has 27 heavy (non-hydrogen) atoms. The SMILES string of the molecule is COCOC[C@@H]1C[C@@H](c2csc3c(S(=O)(=O)C(C)(C)C)ncnc23)C[C@@H]1O. The molecule has 0 spiro atoms. The van der Waals surface area contributed by atoms with Crippen LogP contribution in [0.1, 0.15) is 45.1 Å². The van der Waals surface area contributed by atoms with Gasteiger partial charge in [-0.2, -0.15) is 0 Å². The molecule has 0 aliphatic heterocycles. The van der Waals surface area contributed by atoms with Gasteiger partial charge < -0.3 is 14.6 Å². The monoisotopic (exact) mass is 414 g/mol. The summed E-state index contributed by atoms with van der Waals surface area (Å²) in [4.78, 5) is 8.46. The van der Waals surface area contributed by atoms with Gasteiger partial charge >= 0.3 is 0 Å². The van der Waals surface area contributed by atoms with Gasteiger partial charge in [-0.25, -0.2) is 18.4 Å². The smallest absolute Gasteiger partial charge is 0.202 e. The summed E-state index contributed by atoms with van der Waals surface area (Å²) in [5, 5.41) is 12.4. The van der Waals surface area contributed by atoms with Crippen molar-refractivity contribution < 1.29 is 23.0 Å². The first-order valence-electron chi connectivity index (χ1n) is 8.88. The largest absolute Gasteiger partial charge is 0.393 e. The quantitative estimate of drug-likeness (QED) is 0.441. The van der Waals surface area contributed by atoms with E-state index in [1.165, 1.54) is 17.7 Å². The molecule has 150 valence electrons. The van der Waals surface area contributed by atoms with E-state index in [9.17, 15) is 13.5 Å². The molecule has 0 saturated heterocycles. The van der Waals surface area contributed by atoms with Gasteiger partial charge in [0.25, 0.3) is 0 Å². The molecule has 3 atom stereocenters. The Labute approximate surface area is 163 Å². The van der Waals surface area contributed by atoms with Crippen LogP contribution in [0.2, 0.25) is 0 Å². The third kappa shape index (κ3) is 3.88. The third-order valence-corrected chi connectivity index (χ3v) is 8.59. The number of aliphatic hydroxyl groups excluding tert-OH is 1. The van der Waals surface area contributed by atoms with Gasteiger partial charge in [-0.15, -0.1) is 11.3 Å². The van der Waals surface area contributed by atoms with Crippen molar-refractivity contribution in [2.75, 3.05) is 20.5 Å². The van der Waals surface area contributed by atoms with Crippen LogP contribution in [0.15, 0.2) is 16.7 Å². The van der Waals surface area contributed by atoms with Crippen molar-refractivity contribution in [3.63, 3.8) is 0 Å². The van der Waals surface area contributed by atoms with Crippen LogP contribution in [0.5, 0.6) is 0 Å². The van der Waals surface area contributed by atoms with Crippen molar-refractivity contribution in [3.8, 4) is 0 Å². The number of nitrogens with zero attached hydrogens (tertiary/aromatic N) is 2. The Morgan fingerprint density at radius 3 is 2.70 bits per heavy atom. The number of hydrogen-bond acceptors (Lipinski definition) is 8. The molecule has 9 heteroatoms. The molecule has 0 aromatic carbocycles. The van der Waals surface area contributed by atoms with E-state index < -0.39 is 20.7 Å². The number of aliphatic hydroxyl groups is 1. The summed E-state index contributed by atoms with van der Waals surface area (Å²) in [6, 6.07) is 0. The zero-order chi connectivity index (χ0) is 19.8. The molecule has 1 saturated carbocycles. The molecule has 3 rings (SSSR count). The van der Waals surface area contributed by atoms with Crippen molar-refractivity contribution in [1.82, 2.24) is 9.97 Å². The summed E-state index contributed by atoms with van der Waals surface area (Å²) in [6.07, 6.45) is 2.24. The van der Waals surface area contributed by atoms with Gasteiger partial charge in [0, 0.05) is 13.0 Å². The van der Waals surface area contributed by atoms with Gasteiger partial charge in [0.05, 0.1) is 27.7 Å². The maximum absolute atomic E-state index is 12.9. The van der Waals surface area contributed by atoms with Crippen LogP contribution in [-0.2, 0) is 19.3 Å². The second kappa shape index (κ2) is 7.71. The van der Waals surface area contributed by atoms with Crippen LogP contribution in [0.4, 0.5) is 0 Å². The van der Waals surface area contributed by atoms with E-state index in [1.54, 1.807) is 27.9 Å². The van der Waals surface area contributed by atoms with Gasteiger partial charge in [0.2, 0.25) is 9.84 Å². The lowest BCUT2D eigenvalue weighted by atomic mass is 9.98. The molecule has 7 nitrogen and oxygen atoms in total. The molecule has 0 bridgehead atoms. The van der Waals surface area contributed by atoms with E-state index in [-0.39, 0.29) is 23.7 Å². The Balaban J connectivity index is 1.91. The van der Waals surface area contributed by atoms with Gasteiger partial charge in [-0.1, -0.05) is 0 Å². The van der Waals surface area contributed by atoms with Crippen molar-refractivity contribution in [2.24, 2.45) is 5.92 Å². The minimum absolute atomic E-state index is 0.0275. The predicted octanol–water partition coefficient (Wildman–Crippen LogP) is 2.74. The minimum atomic E-state index is -3.57. The second-order valence-corrected chi connectivity index (χ2v) is 11.4. The van der Waals surface area contributed by atoms with E-state index in [2.05, 4.69) is 9.97 Å². The van der Waals surface area contributed by atoms with Crippen LogP contribution in [-0.4, -0.2) is 54.9 Å². The molecule has 2 aromatic heterocycles. The highest BCUT2D eigenvalue weighted by molar-refractivity contribution is 7.93. The van der Waals surface area contributed by atoms with E-state index in [1.807, 2.05) is 5.38 Å². The number of fused-ring (bicyclic) bond motifs is 1. The topological polar surface area (TPSA) is 98.6 Å². The lowest BCUT2D eigenvalue weighted by Gasteiger charge is -2.18. The van der Waals surface area contributed by atoms with Crippen LogP contribution in [0.3, 0.4) is 0 Å². The minimum Gasteiger partial charge on any atom is -0.393 e. The van der Waals surface area contributed by atoms with E-state index in [0.29, 0.717) is 23.2 Å². The molecule has 1 aliphatic rings. The second-order valence-electron chi connectivity index (χ2n) is 7.94. The van der Waals surface area contributed by atoms with E-state index in [4.69, 9.17) is 9.47 Å². The first kappa shape index (κ1) is 20.6. The van der Waals surface area contributed by atoms with Crippen LogP contribution in [0.25, 0.3) is 10.2 Å². The zero-order valence-electron chi connectivity index (χ0n) is 16.0. The number of aromatic nitrogens is 2. The van der Waals surface area contributed by atoms with E-state index in [0.717, 1.165) is 12.0 Å². The lowest BCUT2D eigenvalue weighted by Crippen LogP contribution is -2.28. The van der Waals surface area contributed by atoms with Crippen LogP contribution >= 0.6 is 11.3 Å². The normalized spacial score (nSPS) is 24.0. The van der Waals surface area contributed by atoms with Gasteiger partial charge in [0.1, 0.15) is 13.1 Å². The van der Waals surface area contributed by atoms with Crippen molar-refractivity contribution >= 4 is 31.4 Å². The fourth-order valence-corrected chi connectivity index (χ4v) is 6.00. The molecule has 1 aliphatic carbocycles. The molecule has 0 radical (unpaired) electrons. The molecular weight excluding hydrogens is 388 g/mol. The van der Waals surface area contributed by atoms with Crippen molar-refractivity contribution in [2.45, 2.75) is 55.4 Å². The molecule has 1 fully saturated rings. The van der Waals surface area contributed by atoms with Gasteiger partial charge in [0.15, 0.2) is 5.03 Å². The lowest BCUT2D eigenvalue weighted by molar-refractivity contribution is -0.0553. The van der Waals surface area contributed by atoms with Crippen LogP contribution in [0, 0.1) is 5.92 Å². The molecule has 0 amide bonds. The summed E-state index contributed by atoms with van der Waals surface area (Å²) in [7, 11) is -2.01. The first-order valence-corrected chi connectivity index (χ1v) is 11.2. The van der Waals surface area contributed by atoms with Crippen LogP contribution < -0.4 is 0 Å². The number of sulfone groups is 1. The highest BCUT2D eigenvalue weighted by Crippen LogP contribution is 2.44. The number of hydrogen-bond donors (Lipinski definition) is 1. The Morgan fingerprint density at radius 1 is 1.30 bits per heavy atom. The van der Waals surface area contributed by atoms with E-state index >= 15 is 0 Å². The number of thiophene rings is 1. The Morgan fingerprint density at radius 2 is 2.04 bits per heavy atom. The summed E-state index contributed by atoms with van der Waals surface area (Å²) in [5.41, 5.74) is 1.66. The maximum Gasteiger partial charge on any atom is 0.202 e. The third-order valence-electron chi connectivity index (χ3n) is 5.04. The van der Waals surface area contributed by atoms with Gasteiger partial charge in [-0.3, -0.25) is 0 Å². The average molecular weight is 415 g/mol. The average Bonchev–Trinajstić information content (AvgIpc) is 3.17. The molecule has 1 N–H and O–H groups in total. The summed E-state index contributed by atoms with van der Waals surface area (Å²) >= 11 is 1.36. The summed E-state index contributed by atoms with van der Waals surface area (Å²) in [6.45, 7) is 5.65.